The molecule has 1 aromatic carbocycles. The van der Waals surface area contributed by atoms with E-state index in [2.05, 4.69) is 15.2 Å². The maximum absolute atomic E-state index is 12.5. The Kier molecular flexibility index (Phi) is 5.27. The average molecular weight is 386 g/mol. The maximum atomic E-state index is 12.5. The molecule has 0 radical (unpaired) electrons. The van der Waals surface area contributed by atoms with E-state index in [1.54, 1.807) is 12.5 Å². The second-order valence-electron chi connectivity index (χ2n) is 6.55. The molecule has 140 valence electrons. The summed E-state index contributed by atoms with van der Waals surface area (Å²) >= 11 is 5.93. The average Bonchev–Trinajstić information content (AvgIpc) is 3.43. The summed E-state index contributed by atoms with van der Waals surface area (Å²) in [5.74, 6) is 2.05. The van der Waals surface area contributed by atoms with E-state index < -0.39 is 0 Å². The number of amides is 1. The first-order valence-electron chi connectivity index (χ1n) is 8.94. The molecule has 0 bridgehead atoms. The summed E-state index contributed by atoms with van der Waals surface area (Å²) in [6.45, 7) is 1.75. The van der Waals surface area contributed by atoms with Crippen molar-refractivity contribution in [3.05, 3.63) is 65.5 Å². The maximum Gasteiger partial charge on any atom is 0.237 e. The minimum atomic E-state index is -0.175. The van der Waals surface area contributed by atoms with Gasteiger partial charge in [-0.3, -0.25) is 9.69 Å². The number of benzene rings is 1. The van der Waals surface area contributed by atoms with Crippen molar-refractivity contribution in [3.8, 4) is 11.3 Å². The van der Waals surface area contributed by atoms with Crippen LogP contribution < -0.4 is 5.32 Å². The summed E-state index contributed by atoms with van der Waals surface area (Å²) in [4.78, 5) is 19.0. The Morgan fingerprint density at radius 1 is 1.30 bits per heavy atom. The van der Waals surface area contributed by atoms with E-state index in [-0.39, 0.29) is 11.9 Å². The van der Waals surface area contributed by atoms with Crippen molar-refractivity contribution in [1.82, 2.24) is 15.2 Å². The van der Waals surface area contributed by atoms with Gasteiger partial charge in [-0.2, -0.15) is 0 Å². The molecule has 0 spiro atoms. The third-order valence-corrected chi connectivity index (χ3v) is 4.96. The molecule has 3 heterocycles. The first-order chi connectivity index (χ1) is 13.2. The Morgan fingerprint density at radius 3 is 2.93 bits per heavy atom. The van der Waals surface area contributed by atoms with E-state index in [0.717, 1.165) is 30.7 Å². The fourth-order valence-corrected chi connectivity index (χ4v) is 3.45. The summed E-state index contributed by atoms with van der Waals surface area (Å²) in [6.07, 6.45) is 5.11. The van der Waals surface area contributed by atoms with Crippen molar-refractivity contribution in [1.29, 1.82) is 0 Å². The Morgan fingerprint density at radius 2 is 2.15 bits per heavy atom. The number of carbonyl (C=O) groups excluding carboxylic acids is 1. The predicted octanol–water partition coefficient (Wildman–Crippen LogP) is 3.87. The van der Waals surface area contributed by atoms with Crippen LogP contribution >= 0.6 is 11.6 Å². The molecule has 27 heavy (non-hydrogen) atoms. The minimum absolute atomic E-state index is 0.00776. The number of likely N-dealkylation sites (tertiary alicyclic amines) is 1. The van der Waals surface area contributed by atoms with Gasteiger partial charge in [0.15, 0.2) is 5.76 Å². The summed E-state index contributed by atoms with van der Waals surface area (Å²) in [5.41, 5.74) is 0.923. The fourth-order valence-electron chi connectivity index (χ4n) is 3.32. The van der Waals surface area contributed by atoms with Crippen LogP contribution in [0.1, 0.15) is 24.5 Å². The van der Waals surface area contributed by atoms with Gasteiger partial charge in [0.05, 0.1) is 31.6 Å². The van der Waals surface area contributed by atoms with Gasteiger partial charge in [-0.05, 0) is 55.8 Å². The van der Waals surface area contributed by atoms with Crippen LogP contribution in [0.3, 0.4) is 0 Å². The lowest BCUT2D eigenvalue weighted by atomic mass is 10.2. The van der Waals surface area contributed by atoms with Gasteiger partial charge in [-0.15, -0.1) is 0 Å². The molecular formula is C20H20ClN3O3. The van der Waals surface area contributed by atoms with Crippen molar-refractivity contribution in [2.45, 2.75) is 32.0 Å². The smallest absolute Gasteiger partial charge is 0.237 e. The highest BCUT2D eigenvalue weighted by Crippen LogP contribution is 2.25. The number of nitrogens with zero attached hydrogens (tertiary/aromatic N) is 2. The van der Waals surface area contributed by atoms with Crippen LogP contribution in [-0.2, 0) is 17.9 Å². The van der Waals surface area contributed by atoms with Gasteiger partial charge in [0.2, 0.25) is 11.8 Å². The van der Waals surface area contributed by atoms with Crippen molar-refractivity contribution in [2.75, 3.05) is 6.54 Å². The van der Waals surface area contributed by atoms with Crippen molar-refractivity contribution in [2.24, 2.45) is 0 Å². The number of halogens is 1. The largest absolute Gasteiger partial charge is 0.467 e. The van der Waals surface area contributed by atoms with Crippen molar-refractivity contribution < 1.29 is 13.6 Å². The number of furan rings is 1. The number of hydrogen-bond acceptors (Lipinski definition) is 5. The molecule has 1 unspecified atom stereocenters. The third kappa shape index (κ3) is 4.23. The molecular weight excluding hydrogens is 366 g/mol. The standard InChI is InChI=1S/C20H20ClN3O3/c21-15-7-5-14(6-8-15)18-12-22-19(27-18)13-24-9-1-4-17(24)20(25)23-11-16-3-2-10-26-16/h2-3,5-8,10,12,17H,1,4,9,11,13H2,(H,23,25). The van der Waals surface area contributed by atoms with Crippen LogP contribution in [0, 0.1) is 0 Å². The predicted molar refractivity (Wildman–Crippen MR) is 101 cm³/mol. The summed E-state index contributed by atoms with van der Waals surface area (Å²) < 4.78 is 11.1. The highest BCUT2D eigenvalue weighted by Gasteiger charge is 2.31. The number of hydrogen-bond donors (Lipinski definition) is 1. The van der Waals surface area contributed by atoms with E-state index in [1.165, 1.54) is 0 Å². The summed E-state index contributed by atoms with van der Waals surface area (Å²) in [6, 6.07) is 10.9. The molecule has 1 aliphatic heterocycles. The number of rotatable bonds is 6. The van der Waals surface area contributed by atoms with Gasteiger partial charge in [-0.1, -0.05) is 11.6 Å². The first-order valence-corrected chi connectivity index (χ1v) is 9.31. The zero-order chi connectivity index (χ0) is 18.6. The summed E-state index contributed by atoms with van der Waals surface area (Å²) in [7, 11) is 0. The lowest BCUT2D eigenvalue weighted by Gasteiger charge is -2.21. The van der Waals surface area contributed by atoms with Crippen LogP contribution in [-0.4, -0.2) is 28.4 Å². The van der Waals surface area contributed by atoms with Gasteiger partial charge in [0, 0.05) is 10.6 Å². The molecule has 1 saturated heterocycles. The van der Waals surface area contributed by atoms with Gasteiger partial charge < -0.3 is 14.2 Å². The van der Waals surface area contributed by atoms with E-state index >= 15 is 0 Å². The van der Waals surface area contributed by atoms with E-state index in [4.69, 9.17) is 20.4 Å². The van der Waals surface area contributed by atoms with Crippen LogP contribution in [0.2, 0.25) is 5.02 Å². The quantitative estimate of drug-likeness (QED) is 0.697. The number of oxazole rings is 1. The highest BCUT2D eigenvalue weighted by atomic mass is 35.5. The fraction of sp³-hybridized carbons (Fsp3) is 0.300. The van der Waals surface area contributed by atoms with E-state index in [0.29, 0.717) is 29.8 Å². The first kappa shape index (κ1) is 17.8. The Bertz CT molecular complexity index is 890. The van der Waals surface area contributed by atoms with E-state index in [9.17, 15) is 4.79 Å². The minimum Gasteiger partial charge on any atom is -0.467 e. The molecule has 1 N–H and O–H groups in total. The molecule has 7 heteroatoms. The van der Waals surface area contributed by atoms with Gasteiger partial charge in [-0.25, -0.2) is 4.98 Å². The second kappa shape index (κ2) is 7.98. The van der Waals surface area contributed by atoms with Crippen LogP contribution in [0.4, 0.5) is 0 Å². The third-order valence-electron chi connectivity index (χ3n) is 4.70. The lowest BCUT2D eigenvalue weighted by molar-refractivity contribution is -0.126. The van der Waals surface area contributed by atoms with Crippen LogP contribution in [0.15, 0.2) is 57.7 Å². The molecule has 3 aromatic rings. The van der Waals surface area contributed by atoms with Crippen molar-refractivity contribution >= 4 is 17.5 Å². The zero-order valence-corrected chi connectivity index (χ0v) is 15.5. The van der Waals surface area contributed by atoms with E-state index in [1.807, 2.05) is 36.4 Å². The van der Waals surface area contributed by atoms with Crippen molar-refractivity contribution in [3.63, 3.8) is 0 Å². The molecule has 1 fully saturated rings. The molecule has 6 nitrogen and oxygen atoms in total. The van der Waals surface area contributed by atoms with Gasteiger partial charge in [0.25, 0.3) is 0 Å². The van der Waals surface area contributed by atoms with Gasteiger partial charge >= 0.3 is 0 Å². The number of aromatic nitrogens is 1. The number of nitrogens with one attached hydrogen (secondary N) is 1. The molecule has 1 atom stereocenters. The number of carbonyl (C=O) groups is 1. The Balaban J connectivity index is 1.38. The zero-order valence-electron chi connectivity index (χ0n) is 14.7. The molecule has 1 amide bonds. The lowest BCUT2D eigenvalue weighted by Crippen LogP contribution is -2.42. The Hall–Kier alpha value is -2.57. The molecule has 0 saturated carbocycles. The highest BCUT2D eigenvalue weighted by molar-refractivity contribution is 6.30. The Labute approximate surface area is 162 Å². The SMILES string of the molecule is O=C(NCc1ccco1)C1CCCN1Cc1ncc(-c2ccc(Cl)cc2)o1. The second-order valence-corrected chi connectivity index (χ2v) is 6.99. The topological polar surface area (TPSA) is 71.5 Å². The molecule has 1 aliphatic rings. The van der Waals surface area contributed by atoms with Crippen LogP contribution in [0.5, 0.6) is 0 Å². The molecule has 0 aliphatic carbocycles. The normalized spacial score (nSPS) is 17.3. The monoisotopic (exact) mass is 385 g/mol. The van der Waals surface area contributed by atoms with Gasteiger partial charge in [0.1, 0.15) is 5.76 Å². The molecule has 4 rings (SSSR count). The van der Waals surface area contributed by atoms with Crippen LogP contribution in [0.25, 0.3) is 11.3 Å². The summed E-state index contributed by atoms with van der Waals surface area (Å²) in [5, 5.41) is 3.62. The molecule has 2 aromatic heterocycles.